The summed E-state index contributed by atoms with van der Waals surface area (Å²) in [4.78, 5) is 24.8. The quantitative estimate of drug-likeness (QED) is 0.630. The molecule has 3 heteroatoms. The fourth-order valence-electron chi connectivity index (χ4n) is 1.35. The standard InChI is InChI=1S/C11H9NO2/c1-7-2-3-8-4-5-10(13)11(14)12-9(8)6-7/h2-6H,1H3,(H,12,13,14). The van der Waals surface area contributed by atoms with Crippen LogP contribution in [0.4, 0.5) is 0 Å². The molecule has 0 radical (unpaired) electrons. The Morgan fingerprint density at radius 1 is 1.07 bits per heavy atom. The van der Waals surface area contributed by atoms with E-state index in [9.17, 15) is 9.59 Å². The third-order valence-corrected chi connectivity index (χ3v) is 2.10. The molecule has 3 nitrogen and oxygen atoms in total. The summed E-state index contributed by atoms with van der Waals surface area (Å²) in [5.41, 5.74) is 0.647. The minimum absolute atomic E-state index is 0.515. The Hall–Kier alpha value is -1.90. The Morgan fingerprint density at radius 2 is 1.79 bits per heavy atom. The van der Waals surface area contributed by atoms with Gasteiger partial charge in [0.05, 0.1) is 0 Å². The number of benzene rings is 1. The molecule has 1 aromatic heterocycles. The highest BCUT2D eigenvalue weighted by Crippen LogP contribution is 2.09. The predicted octanol–water partition coefficient (Wildman–Crippen LogP) is 1.20. The normalized spacial score (nSPS) is 10.4. The van der Waals surface area contributed by atoms with Crippen LogP contribution in [0.15, 0.2) is 39.9 Å². The summed E-state index contributed by atoms with van der Waals surface area (Å²) >= 11 is 0. The third kappa shape index (κ3) is 1.44. The molecule has 14 heavy (non-hydrogen) atoms. The lowest BCUT2D eigenvalue weighted by atomic mass is 10.2. The van der Waals surface area contributed by atoms with Crippen LogP contribution in [0, 0.1) is 6.92 Å². The van der Waals surface area contributed by atoms with Gasteiger partial charge >= 0.3 is 0 Å². The Balaban J connectivity index is 3.01. The SMILES string of the molecule is Cc1ccc2ccc(=O)c(=O)[nH]c2c1. The van der Waals surface area contributed by atoms with Crippen LogP contribution in [0.25, 0.3) is 10.9 Å². The first-order valence-electron chi connectivity index (χ1n) is 4.31. The first-order valence-corrected chi connectivity index (χ1v) is 4.31. The molecule has 0 aliphatic heterocycles. The van der Waals surface area contributed by atoms with Crippen LogP contribution in [0.5, 0.6) is 0 Å². The van der Waals surface area contributed by atoms with Crippen molar-refractivity contribution in [3.63, 3.8) is 0 Å². The fourth-order valence-corrected chi connectivity index (χ4v) is 1.35. The van der Waals surface area contributed by atoms with E-state index in [1.165, 1.54) is 6.07 Å². The van der Waals surface area contributed by atoms with E-state index in [0.29, 0.717) is 5.52 Å². The molecule has 0 aliphatic rings. The Labute approximate surface area is 80.0 Å². The van der Waals surface area contributed by atoms with E-state index in [0.717, 1.165) is 10.9 Å². The molecule has 0 atom stereocenters. The average molecular weight is 187 g/mol. The number of aryl methyl sites for hydroxylation is 1. The van der Waals surface area contributed by atoms with Crippen molar-refractivity contribution in [3.8, 4) is 0 Å². The summed E-state index contributed by atoms with van der Waals surface area (Å²) < 4.78 is 0. The zero-order valence-corrected chi connectivity index (χ0v) is 7.70. The molecule has 0 saturated carbocycles. The maximum atomic E-state index is 11.2. The Morgan fingerprint density at radius 3 is 2.57 bits per heavy atom. The highest BCUT2D eigenvalue weighted by molar-refractivity contribution is 5.78. The number of aromatic amines is 1. The van der Waals surface area contributed by atoms with Crippen LogP contribution in [-0.4, -0.2) is 4.98 Å². The second kappa shape index (κ2) is 3.10. The van der Waals surface area contributed by atoms with Gasteiger partial charge in [-0.05, 0) is 36.1 Å². The van der Waals surface area contributed by atoms with Gasteiger partial charge in [-0.25, -0.2) is 0 Å². The molecule has 70 valence electrons. The van der Waals surface area contributed by atoms with E-state index in [1.54, 1.807) is 6.07 Å². The van der Waals surface area contributed by atoms with Crippen molar-refractivity contribution in [2.75, 3.05) is 0 Å². The molecule has 0 aliphatic carbocycles. The van der Waals surface area contributed by atoms with Gasteiger partial charge in [0.25, 0.3) is 5.56 Å². The molecular weight excluding hydrogens is 178 g/mol. The highest BCUT2D eigenvalue weighted by Gasteiger charge is 1.95. The zero-order chi connectivity index (χ0) is 10.1. The minimum atomic E-state index is -0.578. The molecule has 1 aromatic carbocycles. The first-order chi connectivity index (χ1) is 6.66. The molecule has 1 heterocycles. The maximum absolute atomic E-state index is 11.2. The van der Waals surface area contributed by atoms with E-state index in [2.05, 4.69) is 4.98 Å². The smallest absolute Gasteiger partial charge is 0.296 e. The number of fused-ring (bicyclic) bond motifs is 1. The van der Waals surface area contributed by atoms with Gasteiger partial charge in [-0.1, -0.05) is 12.1 Å². The molecule has 0 spiro atoms. The summed E-state index contributed by atoms with van der Waals surface area (Å²) in [5, 5.41) is 0.856. The topological polar surface area (TPSA) is 49.9 Å². The van der Waals surface area contributed by atoms with Crippen LogP contribution in [-0.2, 0) is 0 Å². The van der Waals surface area contributed by atoms with Gasteiger partial charge in [-0.2, -0.15) is 0 Å². The molecule has 0 saturated heterocycles. The van der Waals surface area contributed by atoms with E-state index in [4.69, 9.17) is 0 Å². The molecular formula is C11H9NO2. The molecule has 2 rings (SSSR count). The lowest BCUT2D eigenvalue weighted by Gasteiger charge is -1.93. The number of nitrogens with one attached hydrogen (secondary N) is 1. The van der Waals surface area contributed by atoms with Crippen LogP contribution >= 0.6 is 0 Å². The van der Waals surface area contributed by atoms with Gasteiger partial charge < -0.3 is 4.98 Å². The molecule has 0 unspecified atom stereocenters. The first kappa shape index (κ1) is 8.69. The highest BCUT2D eigenvalue weighted by atomic mass is 16.2. The van der Waals surface area contributed by atoms with Crippen LogP contribution in [0.1, 0.15) is 5.56 Å². The number of hydrogen-bond acceptors (Lipinski definition) is 2. The second-order valence-electron chi connectivity index (χ2n) is 3.24. The summed E-state index contributed by atoms with van der Waals surface area (Å²) in [6.45, 7) is 1.93. The number of hydrogen-bond donors (Lipinski definition) is 1. The van der Waals surface area contributed by atoms with Gasteiger partial charge in [-0.3, -0.25) is 9.59 Å². The van der Waals surface area contributed by atoms with Crippen LogP contribution in [0.2, 0.25) is 0 Å². The lowest BCUT2D eigenvalue weighted by Crippen LogP contribution is -2.22. The second-order valence-corrected chi connectivity index (χ2v) is 3.24. The maximum Gasteiger partial charge on any atom is 0.296 e. The fraction of sp³-hybridized carbons (Fsp3) is 0.0909. The van der Waals surface area contributed by atoms with Crippen molar-refractivity contribution in [2.24, 2.45) is 0 Å². The van der Waals surface area contributed by atoms with Crippen LogP contribution < -0.4 is 11.0 Å². The van der Waals surface area contributed by atoms with Crippen molar-refractivity contribution in [3.05, 3.63) is 56.5 Å². The Bertz CT molecular complexity index is 599. The summed E-state index contributed by atoms with van der Waals surface area (Å²) in [6.07, 6.45) is 0. The number of aromatic nitrogens is 1. The molecule has 1 N–H and O–H groups in total. The van der Waals surface area contributed by atoms with E-state index in [-0.39, 0.29) is 0 Å². The lowest BCUT2D eigenvalue weighted by molar-refractivity contribution is 1.28. The van der Waals surface area contributed by atoms with E-state index < -0.39 is 11.0 Å². The van der Waals surface area contributed by atoms with Crippen molar-refractivity contribution >= 4 is 10.9 Å². The molecule has 0 amide bonds. The van der Waals surface area contributed by atoms with Gasteiger partial charge in [0.15, 0.2) is 0 Å². The van der Waals surface area contributed by atoms with Crippen LogP contribution in [0.3, 0.4) is 0 Å². The third-order valence-electron chi connectivity index (χ3n) is 2.10. The summed E-state index contributed by atoms with van der Waals surface area (Å²) in [7, 11) is 0. The predicted molar refractivity (Wildman–Crippen MR) is 55.6 cm³/mol. The zero-order valence-electron chi connectivity index (χ0n) is 7.70. The average Bonchev–Trinajstić information content (AvgIpc) is 2.27. The molecule has 2 aromatic rings. The molecule has 0 bridgehead atoms. The summed E-state index contributed by atoms with van der Waals surface area (Å²) in [5.74, 6) is 0. The molecule has 0 fully saturated rings. The Kier molecular flexibility index (Phi) is 1.93. The van der Waals surface area contributed by atoms with Gasteiger partial charge in [0, 0.05) is 5.52 Å². The van der Waals surface area contributed by atoms with Gasteiger partial charge in [0.2, 0.25) is 5.43 Å². The van der Waals surface area contributed by atoms with E-state index >= 15 is 0 Å². The largest absolute Gasteiger partial charge is 0.319 e. The summed E-state index contributed by atoms with van der Waals surface area (Å²) in [6, 6.07) is 8.59. The number of H-pyrrole nitrogens is 1. The van der Waals surface area contributed by atoms with Gasteiger partial charge in [-0.15, -0.1) is 0 Å². The van der Waals surface area contributed by atoms with Crippen molar-refractivity contribution in [1.29, 1.82) is 0 Å². The van der Waals surface area contributed by atoms with Crippen molar-refractivity contribution in [2.45, 2.75) is 6.92 Å². The van der Waals surface area contributed by atoms with Crippen molar-refractivity contribution in [1.82, 2.24) is 4.98 Å². The number of rotatable bonds is 0. The van der Waals surface area contributed by atoms with E-state index in [1.807, 2.05) is 25.1 Å². The monoisotopic (exact) mass is 187 g/mol. The van der Waals surface area contributed by atoms with Crippen molar-refractivity contribution < 1.29 is 0 Å². The van der Waals surface area contributed by atoms with Gasteiger partial charge in [0.1, 0.15) is 0 Å². The minimum Gasteiger partial charge on any atom is -0.319 e.